The van der Waals surface area contributed by atoms with Crippen LogP contribution in [0.2, 0.25) is 0 Å². The molecule has 146 valence electrons. The number of hydrazine groups is 1. The quantitative estimate of drug-likeness (QED) is 0.203. The number of Topliss-reactive ketones (excluding diaryl/α,β-unsaturated/α-hetero) is 1. The molecule has 0 aromatic carbocycles. The molecule has 0 aliphatic heterocycles. The van der Waals surface area contributed by atoms with Gasteiger partial charge in [-0.3, -0.25) is 4.79 Å². The van der Waals surface area contributed by atoms with Crippen LogP contribution in [0, 0.1) is 10.8 Å². The molecule has 0 saturated heterocycles. The first kappa shape index (κ1) is 21.7. The summed E-state index contributed by atoms with van der Waals surface area (Å²) in [7, 11) is 0. The lowest BCUT2D eigenvalue weighted by Crippen LogP contribution is -2.28. The highest BCUT2D eigenvalue weighted by Crippen LogP contribution is 2.15. The number of ether oxygens (including phenoxy) is 2. The van der Waals surface area contributed by atoms with Crippen molar-refractivity contribution in [3.8, 4) is 0 Å². The van der Waals surface area contributed by atoms with Crippen molar-refractivity contribution in [1.29, 1.82) is 5.41 Å². The third-order valence-electron chi connectivity index (χ3n) is 3.25. The molecular weight excluding hydrogens is 338 g/mol. The number of aromatic nitrogens is 3. The van der Waals surface area contributed by atoms with Crippen molar-refractivity contribution in [1.82, 2.24) is 20.0 Å². The minimum Gasteiger partial charge on any atom is -0.399 e. The van der Waals surface area contributed by atoms with Crippen LogP contribution in [0.4, 0.5) is 0 Å². The van der Waals surface area contributed by atoms with E-state index in [0.717, 1.165) is 0 Å². The molecule has 0 amide bonds. The van der Waals surface area contributed by atoms with Gasteiger partial charge in [-0.05, 0) is 0 Å². The number of nitrogens with zero attached hydrogens (tertiary/aromatic N) is 4. The summed E-state index contributed by atoms with van der Waals surface area (Å²) in [5.41, 5.74) is 6.44. The fourth-order valence-corrected chi connectivity index (χ4v) is 1.76. The Kier molecular flexibility index (Phi) is 8.90. The molecule has 0 radical (unpaired) electrons. The van der Waals surface area contributed by atoms with Gasteiger partial charge in [-0.1, -0.05) is 26.0 Å². The van der Waals surface area contributed by atoms with E-state index in [-0.39, 0.29) is 32.1 Å². The number of carbonyl (C=O) groups is 1. The summed E-state index contributed by atoms with van der Waals surface area (Å²) in [6.07, 6.45) is 4.39. The van der Waals surface area contributed by atoms with Crippen LogP contribution in [-0.4, -0.2) is 58.4 Å². The van der Waals surface area contributed by atoms with Gasteiger partial charge in [-0.2, -0.15) is 0 Å². The third kappa shape index (κ3) is 8.70. The Labute approximate surface area is 153 Å². The standard InChI is InChI=1S/C16H29N7O3/c1-16(2,3)15(24)10-23-9-14(20-21-23)12-26-7-6-25-11-13(18)8-22(19)5-4-17/h4,8-9,17H,5-7,10-12,18-19H2,1-3H3/b13-8-,17-4?. The number of nitrogens with one attached hydrogen (secondary N) is 1. The van der Waals surface area contributed by atoms with Gasteiger partial charge in [0.05, 0.1) is 44.9 Å². The minimum atomic E-state index is -0.406. The van der Waals surface area contributed by atoms with E-state index in [0.29, 0.717) is 24.6 Å². The molecule has 10 nitrogen and oxygen atoms in total. The van der Waals surface area contributed by atoms with Crippen LogP contribution in [0.5, 0.6) is 0 Å². The number of ketones is 1. The van der Waals surface area contributed by atoms with Gasteiger partial charge >= 0.3 is 0 Å². The lowest BCUT2D eigenvalue weighted by Gasteiger charge is -2.15. The lowest BCUT2D eigenvalue weighted by atomic mass is 9.91. The topological polar surface area (TPSA) is 145 Å². The van der Waals surface area contributed by atoms with Crippen LogP contribution in [-0.2, 0) is 27.4 Å². The Bertz CT molecular complexity index is 607. The smallest absolute Gasteiger partial charge is 0.159 e. The second-order valence-electron chi connectivity index (χ2n) is 6.79. The van der Waals surface area contributed by atoms with Gasteiger partial charge in [-0.25, -0.2) is 10.5 Å². The Morgan fingerprint density at radius 3 is 2.73 bits per heavy atom. The molecule has 5 N–H and O–H groups in total. The summed E-state index contributed by atoms with van der Waals surface area (Å²) >= 11 is 0. The third-order valence-corrected chi connectivity index (χ3v) is 3.25. The molecule has 26 heavy (non-hydrogen) atoms. The van der Waals surface area contributed by atoms with E-state index in [9.17, 15) is 4.79 Å². The van der Waals surface area contributed by atoms with Crippen molar-refractivity contribution < 1.29 is 14.3 Å². The maximum Gasteiger partial charge on any atom is 0.159 e. The first-order valence-corrected chi connectivity index (χ1v) is 8.26. The Morgan fingerprint density at radius 1 is 1.38 bits per heavy atom. The van der Waals surface area contributed by atoms with E-state index in [4.69, 9.17) is 26.5 Å². The summed E-state index contributed by atoms with van der Waals surface area (Å²) < 4.78 is 12.3. The lowest BCUT2D eigenvalue weighted by molar-refractivity contribution is -0.127. The molecule has 0 bridgehead atoms. The molecular formula is C16H29N7O3. The SMILES string of the molecule is CC(C)(C)C(=O)Cn1cc(COCCOC/C(N)=C/N(N)CC=N)nn1. The number of carbonyl (C=O) groups excluding carboxylic acids is 1. The summed E-state index contributed by atoms with van der Waals surface area (Å²) in [6, 6.07) is 0. The van der Waals surface area contributed by atoms with Gasteiger partial charge in [0.1, 0.15) is 12.2 Å². The maximum absolute atomic E-state index is 12.0. The molecule has 0 aliphatic carbocycles. The Balaban J connectivity index is 2.21. The van der Waals surface area contributed by atoms with Gasteiger partial charge in [0, 0.05) is 17.8 Å². The maximum atomic E-state index is 12.0. The molecule has 1 aromatic heterocycles. The van der Waals surface area contributed by atoms with E-state index in [1.54, 1.807) is 6.20 Å². The van der Waals surface area contributed by atoms with E-state index in [2.05, 4.69) is 10.3 Å². The van der Waals surface area contributed by atoms with Crippen LogP contribution < -0.4 is 11.6 Å². The number of rotatable bonds is 12. The number of hydrogen-bond acceptors (Lipinski definition) is 9. The zero-order valence-electron chi connectivity index (χ0n) is 15.6. The number of nitrogens with two attached hydrogens (primary N) is 2. The molecule has 1 aromatic rings. The zero-order valence-corrected chi connectivity index (χ0v) is 15.6. The molecule has 0 fully saturated rings. The molecule has 1 rings (SSSR count). The highest BCUT2D eigenvalue weighted by atomic mass is 16.5. The van der Waals surface area contributed by atoms with Gasteiger partial charge < -0.3 is 25.6 Å². The second-order valence-corrected chi connectivity index (χ2v) is 6.79. The first-order chi connectivity index (χ1) is 12.2. The van der Waals surface area contributed by atoms with Crippen LogP contribution in [0.1, 0.15) is 26.5 Å². The summed E-state index contributed by atoms with van der Waals surface area (Å²) in [6.45, 7) is 7.33. The van der Waals surface area contributed by atoms with Gasteiger partial charge in [-0.15, -0.1) is 5.10 Å². The molecule has 10 heteroatoms. The van der Waals surface area contributed by atoms with E-state index >= 15 is 0 Å². The fourth-order valence-electron chi connectivity index (χ4n) is 1.76. The van der Waals surface area contributed by atoms with Gasteiger partial charge in [0.15, 0.2) is 5.78 Å². The van der Waals surface area contributed by atoms with Crippen molar-refractivity contribution in [2.75, 3.05) is 26.4 Å². The predicted molar refractivity (Wildman–Crippen MR) is 96.9 cm³/mol. The number of hydrogen-bond donors (Lipinski definition) is 3. The average molecular weight is 367 g/mol. The normalized spacial score (nSPS) is 12.2. The molecule has 0 atom stereocenters. The van der Waals surface area contributed by atoms with E-state index < -0.39 is 5.41 Å². The van der Waals surface area contributed by atoms with Crippen molar-refractivity contribution in [3.05, 3.63) is 23.8 Å². The van der Waals surface area contributed by atoms with Crippen LogP contribution >= 0.6 is 0 Å². The van der Waals surface area contributed by atoms with Crippen LogP contribution in [0.15, 0.2) is 18.1 Å². The average Bonchev–Trinajstić information content (AvgIpc) is 2.97. The monoisotopic (exact) mass is 367 g/mol. The highest BCUT2D eigenvalue weighted by molar-refractivity contribution is 5.83. The van der Waals surface area contributed by atoms with E-state index in [1.165, 1.54) is 22.1 Å². The first-order valence-electron chi connectivity index (χ1n) is 8.26. The fraction of sp³-hybridized carbons (Fsp3) is 0.625. The molecule has 0 spiro atoms. The molecule has 1 heterocycles. The highest BCUT2D eigenvalue weighted by Gasteiger charge is 2.21. The summed E-state index contributed by atoms with van der Waals surface area (Å²) in [5.74, 6) is 5.66. The van der Waals surface area contributed by atoms with E-state index in [1.807, 2.05) is 20.8 Å². The van der Waals surface area contributed by atoms with Crippen molar-refractivity contribution in [3.63, 3.8) is 0 Å². The van der Waals surface area contributed by atoms with Crippen molar-refractivity contribution in [2.24, 2.45) is 17.0 Å². The summed E-state index contributed by atoms with van der Waals surface area (Å²) in [4.78, 5) is 12.0. The predicted octanol–water partition coefficient (Wildman–Crippen LogP) is 0.0519. The zero-order chi connectivity index (χ0) is 19.6. The van der Waals surface area contributed by atoms with Crippen molar-refractivity contribution in [2.45, 2.75) is 33.9 Å². The molecule has 0 saturated carbocycles. The van der Waals surface area contributed by atoms with Crippen molar-refractivity contribution >= 4 is 12.0 Å². The van der Waals surface area contributed by atoms with Gasteiger partial charge in [0.25, 0.3) is 0 Å². The van der Waals surface area contributed by atoms with Crippen LogP contribution in [0.25, 0.3) is 0 Å². The second kappa shape index (κ2) is 10.6. The minimum absolute atomic E-state index is 0.0885. The largest absolute Gasteiger partial charge is 0.399 e. The Hall–Kier alpha value is -2.30. The van der Waals surface area contributed by atoms with Gasteiger partial charge in [0.2, 0.25) is 0 Å². The Morgan fingerprint density at radius 2 is 2.08 bits per heavy atom. The summed E-state index contributed by atoms with van der Waals surface area (Å²) in [5, 5.41) is 16.1. The molecule has 0 unspecified atom stereocenters. The molecule has 0 aliphatic rings. The van der Waals surface area contributed by atoms with Crippen LogP contribution in [0.3, 0.4) is 0 Å².